The van der Waals surface area contributed by atoms with Gasteiger partial charge in [-0.15, -0.1) is 0 Å². The van der Waals surface area contributed by atoms with E-state index in [1.165, 1.54) is 12.0 Å². The van der Waals surface area contributed by atoms with Crippen LogP contribution in [0.1, 0.15) is 37.3 Å². The van der Waals surface area contributed by atoms with E-state index in [0.29, 0.717) is 6.04 Å². The van der Waals surface area contributed by atoms with Gasteiger partial charge in [-0.1, -0.05) is 43.2 Å². The van der Waals surface area contributed by atoms with Crippen molar-refractivity contribution >= 4 is 11.8 Å². The number of aliphatic hydroxyl groups excluding tert-OH is 1. The van der Waals surface area contributed by atoms with Gasteiger partial charge in [-0.3, -0.25) is 0 Å². The number of hydrogen-bond acceptors (Lipinski definition) is 3. The molecule has 3 heteroatoms. The van der Waals surface area contributed by atoms with Gasteiger partial charge < -0.3 is 10.4 Å². The van der Waals surface area contributed by atoms with Crippen molar-refractivity contribution in [2.45, 2.75) is 43.9 Å². The second-order valence-corrected chi connectivity index (χ2v) is 5.95. The lowest BCUT2D eigenvalue weighted by Crippen LogP contribution is -2.44. The Morgan fingerprint density at radius 2 is 2.00 bits per heavy atom. The van der Waals surface area contributed by atoms with Crippen LogP contribution in [0.2, 0.25) is 0 Å². The summed E-state index contributed by atoms with van der Waals surface area (Å²) in [6, 6.07) is 11.2. The van der Waals surface area contributed by atoms with E-state index in [1.807, 2.05) is 11.8 Å². The molecule has 2 rings (SSSR count). The van der Waals surface area contributed by atoms with Crippen LogP contribution in [-0.2, 0) is 0 Å². The van der Waals surface area contributed by atoms with E-state index in [9.17, 15) is 5.11 Å². The molecule has 100 valence electrons. The fourth-order valence-electron chi connectivity index (χ4n) is 2.66. The fraction of sp³-hybridized carbons (Fsp3) is 0.600. The number of thioether (sulfide) groups is 1. The maximum absolute atomic E-state index is 10.1. The summed E-state index contributed by atoms with van der Waals surface area (Å²) in [7, 11) is 0. The van der Waals surface area contributed by atoms with Crippen LogP contribution in [0.25, 0.3) is 0 Å². The minimum absolute atomic E-state index is 0.174. The lowest BCUT2D eigenvalue weighted by atomic mass is 9.91. The Kier molecular flexibility index (Phi) is 5.54. The summed E-state index contributed by atoms with van der Waals surface area (Å²) in [5, 5.41) is 13.7. The number of hydrogen-bond donors (Lipinski definition) is 2. The first-order valence-electron chi connectivity index (χ1n) is 6.79. The monoisotopic (exact) mass is 265 g/mol. The summed E-state index contributed by atoms with van der Waals surface area (Å²) in [6.45, 7) is 0. The summed E-state index contributed by atoms with van der Waals surface area (Å²) in [5.41, 5.74) is 1.32. The first-order valence-corrected chi connectivity index (χ1v) is 8.18. The molecule has 1 saturated carbocycles. The Bertz CT molecular complexity index is 344. The van der Waals surface area contributed by atoms with Gasteiger partial charge in [0.2, 0.25) is 0 Å². The molecule has 2 N–H and O–H groups in total. The molecule has 18 heavy (non-hydrogen) atoms. The Morgan fingerprint density at radius 3 is 2.67 bits per heavy atom. The van der Waals surface area contributed by atoms with Crippen LogP contribution < -0.4 is 5.32 Å². The van der Waals surface area contributed by atoms with E-state index < -0.39 is 0 Å². The molecule has 3 unspecified atom stereocenters. The second kappa shape index (κ2) is 7.17. The molecular weight excluding hydrogens is 242 g/mol. The normalized spacial score (nSPS) is 25.9. The van der Waals surface area contributed by atoms with Crippen LogP contribution >= 0.6 is 11.8 Å². The average Bonchev–Trinajstić information content (AvgIpc) is 2.42. The summed E-state index contributed by atoms with van der Waals surface area (Å²) in [5.74, 6) is 1.05. The Labute approximate surface area is 114 Å². The number of nitrogens with one attached hydrogen (secondary N) is 1. The molecule has 2 nitrogen and oxygen atoms in total. The summed E-state index contributed by atoms with van der Waals surface area (Å²) < 4.78 is 0. The zero-order chi connectivity index (χ0) is 12.8. The molecule has 1 aliphatic rings. The van der Waals surface area contributed by atoms with Gasteiger partial charge >= 0.3 is 0 Å². The third-order valence-corrected chi connectivity index (χ3v) is 4.35. The third-order valence-electron chi connectivity index (χ3n) is 3.68. The van der Waals surface area contributed by atoms with Gasteiger partial charge in [0.25, 0.3) is 0 Å². The lowest BCUT2D eigenvalue weighted by Gasteiger charge is -2.32. The molecule has 3 atom stereocenters. The molecule has 0 aromatic heterocycles. The smallest absolute Gasteiger partial charge is 0.0693 e. The third kappa shape index (κ3) is 3.74. The average molecular weight is 265 g/mol. The molecule has 1 aromatic rings. The lowest BCUT2D eigenvalue weighted by molar-refractivity contribution is 0.0863. The van der Waals surface area contributed by atoms with Crippen LogP contribution in [0.5, 0.6) is 0 Å². The molecule has 1 aromatic carbocycles. The van der Waals surface area contributed by atoms with E-state index in [0.717, 1.165) is 25.0 Å². The van der Waals surface area contributed by atoms with Crippen molar-refractivity contribution < 1.29 is 5.11 Å². The number of benzene rings is 1. The van der Waals surface area contributed by atoms with Crippen LogP contribution in [0.3, 0.4) is 0 Å². The van der Waals surface area contributed by atoms with Crippen LogP contribution in [0.15, 0.2) is 30.3 Å². The van der Waals surface area contributed by atoms with Crippen molar-refractivity contribution in [1.82, 2.24) is 5.32 Å². The van der Waals surface area contributed by atoms with Crippen molar-refractivity contribution in [1.29, 1.82) is 0 Å². The molecular formula is C15H23NOS. The first kappa shape index (κ1) is 13.9. The predicted molar refractivity (Wildman–Crippen MR) is 79.0 cm³/mol. The minimum Gasteiger partial charge on any atom is -0.392 e. The van der Waals surface area contributed by atoms with Gasteiger partial charge in [0.15, 0.2) is 0 Å². The topological polar surface area (TPSA) is 32.3 Å². The van der Waals surface area contributed by atoms with Gasteiger partial charge in [0.1, 0.15) is 0 Å². The van der Waals surface area contributed by atoms with Gasteiger partial charge in [0, 0.05) is 17.8 Å². The summed E-state index contributed by atoms with van der Waals surface area (Å²) >= 11 is 1.85. The van der Waals surface area contributed by atoms with Gasteiger partial charge in [-0.25, -0.2) is 0 Å². The van der Waals surface area contributed by atoms with Crippen molar-refractivity contribution in [2.24, 2.45) is 0 Å². The maximum Gasteiger partial charge on any atom is 0.0693 e. The van der Waals surface area contributed by atoms with Gasteiger partial charge in [-0.2, -0.15) is 11.8 Å². The van der Waals surface area contributed by atoms with Crippen LogP contribution in [0, 0.1) is 0 Å². The van der Waals surface area contributed by atoms with E-state index in [2.05, 4.69) is 41.9 Å². The zero-order valence-corrected chi connectivity index (χ0v) is 11.8. The SMILES string of the molecule is CSCC(NC1CCCCC1O)c1ccccc1. The van der Waals surface area contributed by atoms with Crippen molar-refractivity contribution in [3.63, 3.8) is 0 Å². The molecule has 0 bridgehead atoms. The molecule has 0 amide bonds. The van der Waals surface area contributed by atoms with Crippen LogP contribution in [0.4, 0.5) is 0 Å². The highest BCUT2D eigenvalue weighted by Gasteiger charge is 2.25. The largest absolute Gasteiger partial charge is 0.392 e. The highest BCUT2D eigenvalue weighted by molar-refractivity contribution is 7.98. The minimum atomic E-state index is -0.174. The highest BCUT2D eigenvalue weighted by Crippen LogP contribution is 2.23. The van der Waals surface area contributed by atoms with Crippen LogP contribution in [-0.4, -0.2) is 29.3 Å². The highest BCUT2D eigenvalue weighted by atomic mass is 32.2. The predicted octanol–water partition coefficient (Wildman–Crippen LogP) is 2.98. The standard InChI is InChI=1S/C15H23NOS/c1-18-11-14(12-7-3-2-4-8-12)16-13-9-5-6-10-15(13)17/h2-4,7-8,13-17H,5-6,9-11H2,1H3. The van der Waals surface area contributed by atoms with E-state index in [1.54, 1.807) is 0 Å². The fourth-order valence-corrected chi connectivity index (χ4v) is 3.28. The van der Waals surface area contributed by atoms with Crippen molar-refractivity contribution in [2.75, 3.05) is 12.0 Å². The Hall–Kier alpha value is -0.510. The summed E-state index contributed by atoms with van der Waals surface area (Å²) in [6.07, 6.45) is 6.39. The Balaban J connectivity index is 2.01. The Morgan fingerprint density at radius 1 is 1.28 bits per heavy atom. The van der Waals surface area contributed by atoms with Crippen molar-refractivity contribution in [3.05, 3.63) is 35.9 Å². The second-order valence-electron chi connectivity index (χ2n) is 5.04. The molecule has 1 fully saturated rings. The van der Waals surface area contributed by atoms with Crippen molar-refractivity contribution in [3.8, 4) is 0 Å². The van der Waals surface area contributed by atoms with E-state index >= 15 is 0 Å². The van der Waals surface area contributed by atoms with Gasteiger partial charge in [0.05, 0.1) is 6.10 Å². The van der Waals surface area contributed by atoms with E-state index in [4.69, 9.17) is 0 Å². The molecule has 0 spiro atoms. The van der Waals surface area contributed by atoms with E-state index in [-0.39, 0.29) is 12.1 Å². The maximum atomic E-state index is 10.1. The molecule has 0 heterocycles. The van der Waals surface area contributed by atoms with Gasteiger partial charge in [-0.05, 0) is 24.7 Å². The molecule has 0 aliphatic heterocycles. The number of rotatable bonds is 5. The first-order chi connectivity index (χ1) is 8.81. The molecule has 0 saturated heterocycles. The molecule has 0 radical (unpaired) electrons. The quantitative estimate of drug-likeness (QED) is 0.858. The molecule has 1 aliphatic carbocycles. The summed E-state index contributed by atoms with van der Waals surface area (Å²) in [4.78, 5) is 0. The zero-order valence-electron chi connectivity index (χ0n) is 11.0. The number of aliphatic hydroxyl groups is 1.